The number of ether oxygens (including phenoxy) is 2. The van der Waals surface area contributed by atoms with E-state index in [1.165, 1.54) is 19.3 Å². The minimum Gasteiger partial charge on any atom is -0.463 e. The van der Waals surface area contributed by atoms with Crippen LogP contribution in [0.15, 0.2) is 0 Å². The molecule has 0 saturated heterocycles. The molecule has 0 N–H and O–H groups in total. The van der Waals surface area contributed by atoms with Crippen LogP contribution in [-0.4, -0.2) is 25.8 Å². The van der Waals surface area contributed by atoms with Crippen LogP contribution in [-0.2, 0) is 14.3 Å². The number of unbranched alkanes of at least 4 members (excludes halogenated alkanes) is 4. The Kier molecular flexibility index (Phi) is 10.0. The Bertz CT molecular complexity index is 206. The number of hydrogen-bond acceptors (Lipinski definition) is 3. The zero-order chi connectivity index (χ0) is 13.9. The smallest absolute Gasteiger partial charge is 0.305 e. The summed E-state index contributed by atoms with van der Waals surface area (Å²) in [4.78, 5) is 11.4. The summed E-state index contributed by atoms with van der Waals surface area (Å²) in [5.41, 5.74) is 0.170. The molecule has 0 aromatic heterocycles. The van der Waals surface area contributed by atoms with Crippen LogP contribution in [0.2, 0.25) is 0 Å². The molecule has 0 saturated carbocycles. The molecule has 0 fully saturated rings. The van der Waals surface area contributed by atoms with E-state index in [1.54, 1.807) is 0 Å². The Labute approximate surface area is 112 Å². The van der Waals surface area contributed by atoms with Crippen LogP contribution in [0.25, 0.3) is 0 Å². The lowest BCUT2D eigenvalue weighted by Crippen LogP contribution is -2.18. The fourth-order valence-electron chi connectivity index (χ4n) is 1.54. The van der Waals surface area contributed by atoms with Gasteiger partial charge in [-0.05, 0) is 11.8 Å². The molecule has 0 unspecified atom stereocenters. The van der Waals surface area contributed by atoms with Crippen molar-refractivity contribution >= 4 is 5.97 Å². The Morgan fingerprint density at radius 3 is 2.28 bits per heavy atom. The molecule has 3 nitrogen and oxygen atoms in total. The van der Waals surface area contributed by atoms with Crippen LogP contribution < -0.4 is 0 Å². The Balaban J connectivity index is 3.27. The number of carbonyl (C=O) groups is 1. The van der Waals surface area contributed by atoms with E-state index in [9.17, 15) is 4.79 Å². The monoisotopic (exact) mass is 258 g/mol. The number of carbonyl (C=O) groups excluding carboxylic acids is 1. The number of esters is 1. The SMILES string of the molecule is CCCCCCCC(=O)OCCOCC(C)(C)C. The molecule has 18 heavy (non-hydrogen) atoms. The summed E-state index contributed by atoms with van der Waals surface area (Å²) in [6.07, 6.45) is 6.33. The molecule has 0 aliphatic carbocycles. The molecule has 108 valence electrons. The zero-order valence-electron chi connectivity index (χ0n) is 12.6. The van der Waals surface area contributed by atoms with Gasteiger partial charge in [0.1, 0.15) is 6.61 Å². The van der Waals surface area contributed by atoms with Gasteiger partial charge >= 0.3 is 5.97 Å². The summed E-state index contributed by atoms with van der Waals surface area (Å²) in [5, 5.41) is 0. The normalized spacial score (nSPS) is 11.6. The maximum atomic E-state index is 11.4. The van der Waals surface area contributed by atoms with Crippen molar-refractivity contribution in [2.45, 2.75) is 66.2 Å². The van der Waals surface area contributed by atoms with Crippen molar-refractivity contribution in [1.29, 1.82) is 0 Å². The summed E-state index contributed by atoms with van der Waals surface area (Å²) < 4.78 is 10.5. The summed E-state index contributed by atoms with van der Waals surface area (Å²) in [5.74, 6) is -0.0918. The first-order chi connectivity index (χ1) is 8.45. The third kappa shape index (κ3) is 13.5. The van der Waals surface area contributed by atoms with Crippen molar-refractivity contribution in [3.05, 3.63) is 0 Å². The van der Waals surface area contributed by atoms with Crippen LogP contribution in [0.1, 0.15) is 66.2 Å². The van der Waals surface area contributed by atoms with Gasteiger partial charge in [-0.2, -0.15) is 0 Å². The molecule has 0 rings (SSSR count). The van der Waals surface area contributed by atoms with E-state index in [4.69, 9.17) is 9.47 Å². The Morgan fingerprint density at radius 1 is 1.00 bits per heavy atom. The van der Waals surface area contributed by atoms with Crippen molar-refractivity contribution in [2.75, 3.05) is 19.8 Å². The molecule has 0 aromatic rings. The van der Waals surface area contributed by atoms with Crippen LogP contribution in [0.3, 0.4) is 0 Å². The quantitative estimate of drug-likeness (QED) is 0.439. The molecule has 0 aliphatic rings. The van der Waals surface area contributed by atoms with Gasteiger partial charge in [0.2, 0.25) is 0 Å². The predicted molar refractivity (Wildman–Crippen MR) is 74.6 cm³/mol. The fourth-order valence-corrected chi connectivity index (χ4v) is 1.54. The highest BCUT2D eigenvalue weighted by Gasteiger charge is 2.10. The summed E-state index contributed by atoms with van der Waals surface area (Å²) in [6.45, 7) is 10.1. The standard InChI is InChI=1S/C15H30O3/c1-5-6-7-8-9-10-14(16)18-12-11-17-13-15(2,3)4/h5-13H2,1-4H3. The van der Waals surface area contributed by atoms with E-state index >= 15 is 0 Å². The van der Waals surface area contributed by atoms with E-state index in [0.717, 1.165) is 12.8 Å². The third-order valence-corrected chi connectivity index (χ3v) is 2.51. The molecule has 0 atom stereocenters. The summed E-state index contributed by atoms with van der Waals surface area (Å²) in [7, 11) is 0. The lowest BCUT2D eigenvalue weighted by Gasteiger charge is -2.17. The highest BCUT2D eigenvalue weighted by molar-refractivity contribution is 5.69. The molecule has 0 aromatic carbocycles. The van der Waals surface area contributed by atoms with Gasteiger partial charge in [0, 0.05) is 6.42 Å². The molecular formula is C15H30O3. The van der Waals surface area contributed by atoms with Crippen molar-refractivity contribution in [2.24, 2.45) is 5.41 Å². The summed E-state index contributed by atoms with van der Waals surface area (Å²) >= 11 is 0. The lowest BCUT2D eigenvalue weighted by molar-refractivity contribution is -0.145. The second-order valence-electron chi connectivity index (χ2n) is 6.00. The summed E-state index contributed by atoms with van der Waals surface area (Å²) in [6, 6.07) is 0. The second-order valence-corrected chi connectivity index (χ2v) is 6.00. The van der Waals surface area contributed by atoms with Crippen molar-refractivity contribution in [3.8, 4) is 0 Å². The van der Waals surface area contributed by atoms with E-state index in [0.29, 0.717) is 26.2 Å². The molecule has 0 amide bonds. The van der Waals surface area contributed by atoms with Crippen LogP contribution in [0.4, 0.5) is 0 Å². The van der Waals surface area contributed by atoms with Gasteiger partial charge in [-0.25, -0.2) is 0 Å². The van der Waals surface area contributed by atoms with Gasteiger partial charge in [-0.15, -0.1) is 0 Å². The first kappa shape index (κ1) is 17.4. The van der Waals surface area contributed by atoms with Gasteiger partial charge in [0.15, 0.2) is 0 Å². The third-order valence-electron chi connectivity index (χ3n) is 2.51. The van der Waals surface area contributed by atoms with Gasteiger partial charge in [0.25, 0.3) is 0 Å². The van der Waals surface area contributed by atoms with Crippen molar-refractivity contribution in [3.63, 3.8) is 0 Å². The lowest BCUT2D eigenvalue weighted by atomic mass is 9.99. The van der Waals surface area contributed by atoms with Gasteiger partial charge in [0.05, 0.1) is 13.2 Å². The molecule has 0 aliphatic heterocycles. The second kappa shape index (κ2) is 10.4. The van der Waals surface area contributed by atoms with Crippen molar-refractivity contribution < 1.29 is 14.3 Å². The molecule has 0 bridgehead atoms. The zero-order valence-corrected chi connectivity index (χ0v) is 12.6. The maximum absolute atomic E-state index is 11.4. The highest BCUT2D eigenvalue weighted by atomic mass is 16.6. The maximum Gasteiger partial charge on any atom is 0.305 e. The van der Waals surface area contributed by atoms with Crippen LogP contribution in [0.5, 0.6) is 0 Å². The largest absolute Gasteiger partial charge is 0.463 e. The van der Waals surface area contributed by atoms with Gasteiger partial charge in [-0.3, -0.25) is 4.79 Å². The minimum absolute atomic E-state index is 0.0918. The minimum atomic E-state index is -0.0918. The average Bonchev–Trinajstić information content (AvgIpc) is 2.27. The first-order valence-corrected chi connectivity index (χ1v) is 7.19. The van der Waals surface area contributed by atoms with Gasteiger partial charge < -0.3 is 9.47 Å². The van der Waals surface area contributed by atoms with Crippen LogP contribution in [0, 0.1) is 5.41 Å². The fraction of sp³-hybridized carbons (Fsp3) is 0.933. The molecule has 3 heteroatoms. The number of hydrogen-bond donors (Lipinski definition) is 0. The number of rotatable bonds is 10. The Morgan fingerprint density at radius 2 is 1.67 bits per heavy atom. The molecule has 0 spiro atoms. The molecule has 0 radical (unpaired) electrons. The van der Waals surface area contributed by atoms with Gasteiger partial charge in [-0.1, -0.05) is 53.4 Å². The van der Waals surface area contributed by atoms with Crippen LogP contribution >= 0.6 is 0 Å². The predicted octanol–water partition coefficient (Wildman–Crippen LogP) is 3.95. The molecule has 0 heterocycles. The van der Waals surface area contributed by atoms with E-state index in [2.05, 4.69) is 27.7 Å². The highest BCUT2D eigenvalue weighted by Crippen LogP contribution is 2.12. The van der Waals surface area contributed by atoms with Crippen molar-refractivity contribution in [1.82, 2.24) is 0 Å². The first-order valence-electron chi connectivity index (χ1n) is 7.19. The average molecular weight is 258 g/mol. The van der Waals surface area contributed by atoms with E-state index in [1.807, 2.05) is 0 Å². The Hall–Kier alpha value is -0.570. The van der Waals surface area contributed by atoms with E-state index < -0.39 is 0 Å². The molecular weight excluding hydrogens is 228 g/mol. The van der Waals surface area contributed by atoms with E-state index in [-0.39, 0.29) is 11.4 Å². The topological polar surface area (TPSA) is 35.5 Å².